The second-order valence-corrected chi connectivity index (χ2v) is 22.8. The van der Waals surface area contributed by atoms with Gasteiger partial charge in [0, 0.05) is 17.6 Å². The molecule has 0 bridgehead atoms. The maximum atomic E-state index is 7.09. The van der Waals surface area contributed by atoms with Crippen molar-refractivity contribution in [3.63, 3.8) is 0 Å². The molecular formula is C26H49NO3Si2. The molecule has 4 saturated carbocycles. The van der Waals surface area contributed by atoms with Crippen LogP contribution in [0.25, 0.3) is 0 Å². The van der Waals surface area contributed by atoms with Gasteiger partial charge in [-0.3, -0.25) is 0 Å². The van der Waals surface area contributed by atoms with E-state index in [9.17, 15) is 0 Å². The van der Waals surface area contributed by atoms with E-state index < -0.39 is 16.6 Å². The van der Waals surface area contributed by atoms with Crippen molar-refractivity contribution in [1.82, 2.24) is 0 Å². The molecule has 0 saturated heterocycles. The fraction of sp³-hybridized carbons (Fsp3) is 0.962. The third kappa shape index (κ3) is 4.55. The second-order valence-electron chi connectivity index (χ2n) is 13.9. The molecule has 32 heavy (non-hydrogen) atoms. The summed E-state index contributed by atoms with van der Waals surface area (Å²) in [6, 6.07) is 0. The zero-order chi connectivity index (χ0) is 23.5. The Hall–Kier alpha value is -0.176. The number of nitrogens with zero attached hydrogens (tertiary/aromatic N) is 1. The summed E-state index contributed by atoms with van der Waals surface area (Å²) in [7, 11) is -1.45. The smallest absolute Gasteiger partial charge is 0.184 e. The minimum atomic E-state index is -1.66. The first kappa shape index (κ1) is 24.9. The van der Waals surface area contributed by atoms with Crippen molar-refractivity contribution in [2.24, 2.45) is 39.7 Å². The van der Waals surface area contributed by atoms with Crippen LogP contribution < -0.4 is 0 Å². The summed E-state index contributed by atoms with van der Waals surface area (Å²) in [6.45, 7) is 19.3. The van der Waals surface area contributed by atoms with Gasteiger partial charge < -0.3 is 13.7 Å². The third-order valence-corrected chi connectivity index (χ3v) is 11.5. The van der Waals surface area contributed by atoms with Gasteiger partial charge in [-0.05, 0) is 120 Å². The highest BCUT2D eigenvalue weighted by Crippen LogP contribution is 2.66. The fourth-order valence-electron chi connectivity index (χ4n) is 8.53. The second kappa shape index (κ2) is 8.49. The van der Waals surface area contributed by atoms with Crippen LogP contribution in [0.15, 0.2) is 5.16 Å². The number of fused-ring (bicyclic) bond motifs is 5. The molecule has 0 aliphatic heterocycles. The van der Waals surface area contributed by atoms with Crippen molar-refractivity contribution >= 4 is 22.3 Å². The zero-order valence-corrected chi connectivity index (χ0v) is 24.3. The van der Waals surface area contributed by atoms with Gasteiger partial charge in [-0.25, -0.2) is 0 Å². The Balaban J connectivity index is 1.65. The van der Waals surface area contributed by atoms with Crippen LogP contribution in [0.2, 0.25) is 39.3 Å². The van der Waals surface area contributed by atoms with E-state index in [1.807, 2.05) is 0 Å². The lowest BCUT2D eigenvalue weighted by Crippen LogP contribution is -2.61. The molecular weight excluding hydrogens is 430 g/mol. The Morgan fingerprint density at radius 2 is 1.59 bits per heavy atom. The summed E-state index contributed by atoms with van der Waals surface area (Å²) in [4.78, 5) is 5.31. The molecule has 6 heteroatoms. The van der Waals surface area contributed by atoms with E-state index in [0.29, 0.717) is 23.5 Å². The Morgan fingerprint density at radius 1 is 0.906 bits per heavy atom. The van der Waals surface area contributed by atoms with Crippen LogP contribution in [0, 0.1) is 34.5 Å². The minimum absolute atomic E-state index is 0.142. The minimum Gasteiger partial charge on any atom is -0.415 e. The van der Waals surface area contributed by atoms with E-state index in [1.54, 1.807) is 7.11 Å². The van der Waals surface area contributed by atoms with Gasteiger partial charge in [0.05, 0.1) is 5.71 Å². The molecule has 0 aromatic rings. The summed E-state index contributed by atoms with van der Waals surface area (Å²) in [6.07, 6.45) is 10.9. The average Bonchev–Trinajstić information content (AvgIpc) is 2.95. The molecule has 0 amide bonds. The highest BCUT2D eigenvalue weighted by molar-refractivity contribution is 6.70. The van der Waals surface area contributed by atoms with Gasteiger partial charge in [0.2, 0.25) is 0 Å². The highest BCUT2D eigenvalue weighted by Gasteiger charge is 2.63. The number of hydrogen-bond donors (Lipinski definition) is 0. The number of oxime groups is 1. The van der Waals surface area contributed by atoms with Crippen molar-refractivity contribution < 1.29 is 13.7 Å². The summed E-state index contributed by atoms with van der Waals surface area (Å²) < 4.78 is 13.7. The molecule has 4 nitrogen and oxygen atoms in total. The van der Waals surface area contributed by atoms with E-state index in [1.165, 1.54) is 44.2 Å². The molecule has 184 valence electrons. The Kier molecular flexibility index (Phi) is 6.62. The van der Waals surface area contributed by atoms with Crippen molar-refractivity contribution in [2.75, 3.05) is 7.11 Å². The van der Waals surface area contributed by atoms with Crippen molar-refractivity contribution in [3.8, 4) is 0 Å². The molecule has 3 unspecified atom stereocenters. The predicted octanol–water partition coefficient (Wildman–Crippen LogP) is 7.08. The van der Waals surface area contributed by atoms with Crippen LogP contribution in [0.4, 0.5) is 0 Å². The van der Waals surface area contributed by atoms with Gasteiger partial charge in [0.1, 0.15) is 7.11 Å². The molecule has 0 radical (unpaired) electrons. The highest BCUT2D eigenvalue weighted by atomic mass is 28.4. The first-order valence-corrected chi connectivity index (χ1v) is 20.0. The quantitative estimate of drug-likeness (QED) is 0.312. The largest absolute Gasteiger partial charge is 0.415 e. The van der Waals surface area contributed by atoms with Crippen LogP contribution in [-0.2, 0) is 13.7 Å². The molecule has 4 fully saturated rings. The lowest BCUT2D eigenvalue weighted by Gasteiger charge is -2.63. The van der Waals surface area contributed by atoms with Crippen LogP contribution in [-0.4, -0.2) is 41.7 Å². The Morgan fingerprint density at radius 3 is 2.22 bits per heavy atom. The molecule has 0 heterocycles. The van der Waals surface area contributed by atoms with E-state index >= 15 is 0 Å². The molecule has 0 N–H and O–H groups in total. The lowest BCUT2D eigenvalue weighted by atomic mass is 9.44. The summed E-state index contributed by atoms with van der Waals surface area (Å²) in [5.74, 6) is 2.96. The topological polar surface area (TPSA) is 40.0 Å². The SMILES string of the molecule is CON=C1CCC2C3CC[C@@H]4C[C@H](O[Si](C)(C)C)CC[C@]4(C)C3[C@@H](O[Si](C)(C)C)C[C@]12C. The summed E-state index contributed by atoms with van der Waals surface area (Å²) in [5, 5.41) is 4.55. The molecule has 0 spiro atoms. The molecule has 4 rings (SSSR count). The van der Waals surface area contributed by atoms with Crippen LogP contribution >= 0.6 is 0 Å². The number of rotatable bonds is 5. The van der Waals surface area contributed by atoms with E-state index in [-0.39, 0.29) is 5.41 Å². The van der Waals surface area contributed by atoms with Gasteiger partial charge >= 0.3 is 0 Å². The van der Waals surface area contributed by atoms with Crippen molar-refractivity contribution in [2.45, 2.75) is 117 Å². The van der Waals surface area contributed by atoms with Gasteiger partial charge in [0.15, 0.2) is 16.6 Å². The monoisotopic (exact) mass is 479 g/mol. The van der Waals surface area contributed by atoms with Crippen molar-refractivity contribution in [1.29, 1.82) is 0 Å². The maximum Gasteiger partial charge on any atom is 0.184 e. The van der Waals surface area contributed by atoms with Crippen LogP contribution in [0.5, 0.6) is 0 Å². The zero-order valence-electron chi connectivity index (χ0n) is 22.3. The fourth-order valence-corrected chi connectivity index (χ4v) is 10.9. The predicted molar refractivity (Wildman–Crippen MR) is 138 cm³/mol. The Bertz CT molecular complexity index is 730. The first-order chi connectivity index (χ1) is 14.8. The van der Waals surface area contributed by atoms with Gasteiger partial charge in [0.25, 0.3) is 0 Å². The van der Waals surface area contributed by atoms with Gasteiger partial charge in [-0.15, -0.1) is 0 Å². The lowest BCUT2D eigenvalue weighted by molar-refractivity contribution is -0.157. The van der Waals surface area contributed by atoms with E-state index in [2.05, 4.69) is 58.3 Å². The standard InChI is InChI=1S/C26H49NO3Si2/c1-25-15-14-19(29-31(4,5)6)16-18(25)10-11-20-21-12-13-23(27-28-3)26(21,2)17-22(24(20)25)30-32(7,8)9/h18-22,24H,10-17H2,1-9H3/t18-,19-,20?,21?,22+,24?,25+,26+/m1/s1. The Labute approximate surface area is 199 Å². The van der Waals surface area contributed by atoms with E-state index in [0.717, 1.165) is 30.6 Å². The van der Waals surface area contributed by atoms with Gasteiger partial charge in [-0.1, -0.05) is 19.0 Å². The summed E-state index contributed by atoms with van der Waals surface area (Å²) >= 11 is 0. The van der Waals surface area contributed by atoms with Crippen LogP contribution in [0.1, 0.15) is 65.2 Å². The average molecular weight is 480 g/mol. The summed E-state index contributed by atoms with van der Waals surface area (Å²) in [5.41, 5.74) is 1.82. The maximum absolute atomic E-state index is 7.09. The molecule has 0 aromatic carbocycles. The van der Waals surface area contributed by atoms with Gasteiger partial charge in [-0.2, -0.15) is 0 Å². The van der Waals surface area contributed by atoms with Crippen LogP contribution in [0.3, 0.4) is 0 Å². The molecule has 8 atom stereocenters. The van der Waals surface area contributed by atoms with E-state index in [4.69, 9.17) is 13.7 Å². The molecule has 4 aliphatic carbocycles. The first-order valence-electron chi connectivity index (χ1n) is 13.2. The third-order valence-electron chi connectivity index (χ3n) is 9.50. The normalized spacial score (nSPS) is 45.8. The van der Waals surface area contributed by atoms with Crippen molar-refractivity contribution in [3.05, 3.63) is 0 Å². The number of hydrogen-bond acceptors (Lipinski definition) is 4. The molecule has 0 aromatic heterocycles. The molecule has 4 aliphatic rings.